The zero-order chi connectivity index (χ0) is 10.6. The number of carbonyl (C=O) groups is 1. The fraction of sp³-hybridized carbons (Fsp3) is 0.900. The van der Waals surface area contributed by atoms with Gasteiger partial charge < -0.3 is 16.0 Å². The van der Waals surface area contributed by atoms with Crippen molar-refractivity contribution in [2.24, 2.45) is 5.73 Å². The Morgan fingerprint density at radius 1 is 1.57 bits per heavy atom. The summed E-state index contributed by atoms with van der Waals surface area (Å²) in [5.74, 6) is -0.212. The molecule has 1 saturated heterocycles. The molecule has 1 rings (SSSR count). The predicted molar refractivity (Wildman–Crippen MR) is 56.9 cm³/mol. The highest BCUT2D eigenvalue weighted by Gasteiger charge is 2.26. The van der Waals surface area contributed by atoms with Gasteiger partial charge in [0, 0.05) is 6.04 Å². The van der Waals surface area contributed by atoms with Crippen molar-refractivity contribution in [3.63, 3.8) is 0 Å². The van der Waals surface area contributed by atoms with Gasteiger partial charge in [-0.1, -0.05) is 6.92 Å². The third-order valence-electron chi connectivity index (χ3n) is 2.98. The van der Waals surface area contributed by atoms with Gasteiger partial charge in [-0.15, -0.1) is 0 Å². The Balaban J connectivity index is 2.19. The lowest BCUT2D eigenvalue weighted by atomic mass is 10.1. The summed E-state index contributed by atoms with van der Waals surface area (Å²) in [5.41, 5.74) is 5.23. The average Bonchev–Trinajstić information content (AvgIpc) is 2.62. The van der Waals surface area contributed by atoms with E-state index in [9.17, 15) is 4.79 Å². The van der Waals surface area contributed by atoms with Crippen molar-refractivity contribution in [1.82, 2.24) is 10.2 Å². The van der Waals surface area contributed by atoms with Gasteiger partial charge in [-0.05, 0) is 39.4 Å². The van der Waals surface area contributed by atoms with E-state index < -0.39 is 0 Å². The van der Waals surface area contributed by atoms with Crippen molar-refractivity contribution < 1.29 is 4.79 Å². The lowest BCUT2D eigenvalue weighted by Gasteiger charge is -2.17. The van der Waals surface area contributed by atoms with Crippen molar-refractivity contribution in [3.8, 4) is 0 Å². The highest BCUT2D eigenvalue weighted by Crippen LogP contribution is 2.14. The van der Waals surface area contributed by atoms with E-state index in [-0.39, 0.29) is 11.9 Å². The van der Waals surface area contributed by atoms with Crippen LogP contribution in [-0.4, -0.2) is 43.0 Å². The minimum Gasteiger partial charge on any atom is -0.368 e. The first kappa shape index (κ1) is 11.5. The Labute approximate surface area is 85.8 Å². The maximum absolute atomic E-state index is 10.9. The number of amides is 1. The molecule has 0 spiro atoms. The molecule has 4 heteroatoms. The zero-order valence-electron chi connectivity index (χ0n) is 9.12. The van der Waals surface area contributed by atoms with Crippen LogP contribution in [0.3, 0.4) is 0 Å². The first-order chi connectivity index (χ1) is 6.63. The Hall–Kier alpha value is -0.610. The summed E-state index contributed by atoms with van der Waals surface area (Å²) < 4.78 is 0. The normalized spacial score (nSPS) is 27.1. The first-order valence-electron chi connectivity index (χ1n) is 5.37. The van der Waals surface area contributed by atoms with Crippen LogP contribution in [0.1, 0.15) is 26.2 Å². The van der Waals surface area contributed by atoms with E-state index in [2.05, 4.69) is 24.2 Å². The van der Waals surface area contributed by atoms with E-state index in [4.69, 9.17) is 5.73 Å². The van der Waals surface area contributed by atoms with E-state index in [0.29, 0.717) is 6.04 Å². The molecule has 4 nitrogen and oxygen atoms in total. The SMILES string of the molecule is CCN(C)CCC1CCC(C(N)=O)N1. The number of nitrogens with two attached hydrogens (primary N) is 1. The summed E-state index contributed by atoms with van der Waals surface area (Å²) in [4.78, 5) is 13.2. The number of hydrogen-bond acceptors (Lipinski definition) is 3. The van der Waals surface area contributed by atoms with E-state index in [1.165, 1.54) is 0 Å². The zero-order valence-corrected chi connectivity index (χ0v) is 9.12. The Morgan fingerprint density at radius 2 is 2.29 bits per heavy atom. The molecule has 0 aromatic carbocycles. The van der Waals surface area contributed by atoms with Crippen LogP contribution in [0, 0.1) is 0 Å². The number of carbonyl (C=O) groups excluding carboxylic acids is 1. The molecule has 0 aliphatic carbocycles. The van der Waals surface area contributed by atoms with Crippen LogP contribution in [0.4, 0.5) is 0 Å². The van der Waals surface area contributed by atoms with Gasteiger partial charge in [0.25, 0.3) is 0 Å². The van der Waals surface area contributed by atoms with Gasteiger partial charge >= 0.3 is 0 Å². The van der Waals surface area contributed by atoms with Crippen LogP contribution in [0.15, 0.2) is 0 Å². The average molecular weight is 199 g/mol. The molecule has 82 valence electrons. The van der Waals surface area contributed by atoms with Gasteiger partial charge in [-0.3, -0.25) is 4.79 Å². The second kappa shape index (κ2) is 5.32. The third-order valence-corrected chi connectivity index (χ3v) is 2.98. The summed E-state index contributed by atoms with van der Waals surface area (Å²) in [5, 5.41) is 3.27. The van der Waals surface area contributed by atoms with Crippen LogP contribution < -0.4 is 11.1 Å². The number of hydrogen-bond donors (Lipinski definition) is 2. The molecule has 1 aliphatic rings. The monoisotopic (exact) mass is 199 g/mol. The molecule has 2 atom stereocenters. The molecule has 0 aromatic heterocycles. The van der Waals surface area contributed by atoms with Crippen LogP contribution in [0.5, 0.6) is 0 Å². The highest BCUT2D eigenvalue weighted by molar-refractivity contribution is 5.80. The number of nitrogens with zero attached hydrogens (tertiary/aromatic N) is 1. The molecule has 0 bridgehead atoms. The van der Waals surface area contributed by atoms with Crippen LogP contribution in [0.2, 0.25) is 0 Å². The molecule has 0 saturated carbocycles. The number of primary amides is 1. The quantitative estimate of drug-likeness (QED) is 0.652. The van der Waals surface area contributed by atoms with Crippen molar-refractivity contribution in [2.75, 3.05) is 20.1 Å². The Morgan fingerprint density at radius 3 is 2.79 bits per heavy atom. The van der Waals surface area contributed by atoms with Gasteiger partial charge in [0.05, 0.1) is 6.04 Å². The highest BCUT2D eigenvalue weighted by atomic mass is 16.1. The third kappa shape index (κ3) is 3.27. The van der Waals surface area contributed by atoms with E-state index in [0.717, 1.165) is 32.4 Å². The summed E-state index contributed by atoms with van der Waals surface area (Å²) in [6, 6.07) is 0.383. The molecule has 2 unspecified atom stereocenters. The maximum atomic E-state index is 10.9. The fourth-order valence-corrected chi connectivity index (χ4v) is 1.81. The number of nitrogens with one attached hydrogen (secondary N) is 1. The van der Waals surface area contributed by atoms with E-state index >= 15 is 0 Å². The molecule has 0 radical (unpaired) electrons. The standard InChI is InChI=1S/C10H21N3O/c1-3-13(2)7-6-8-4-5-9(12-8)10(11)14/h8-9,12H,3-7H2,1-2H3,(H2,11,14). The summed E-state index contributed by atoms with van der Waals surface area (Å²) >= 11 is 0. The molecule has 1 heterocycles. The van der Waals surface area contributed by atoms with Crippen molar-refractivity contribution in [1.29, 1.82) is 0 Å². The van der Waals surface area contributed by atoms with Crippen molar-refractivity contribution in [2.45, 2.75) is 38.3 Å². The lowest BCUT2D eigenvalue weighted by Crippen LogP contribution is -2.40. The predicted octanol–water partition coefficient (Wildman–Crippen LogP) is -0.0659. The largest absolute Gasteiger partial charge is 0.368 e. The minimum atomic E-state index is -0.212. The Kier molecular flexibility index (Phi) is 4.35. The molecule has 1 fully saturated rings. The van der Waals surface area contributed by atoms with E-state index in [1.54, 1.807) is 0 Å². The molecule has 14 heavy (non-hydrogen) atoms. The number of rotatable bonds is 5. The Bertz CT molecular complexity index is 196. The minimum absolute atomic E-state index is 0.0908. The van der Waals surface area contributed by atoms with Gasteiger partial charge in [0.2, 0.25) is 5.91 Å². The maximum Gasteiger partial charge on any atom is 0.234 e. The second-order valence-corrected chi connectivity index (χ2v) is 4.08. The van der Waals surface area contributed by atoms with Crippen LogP contribution >= 0.6 is 0 Å². The van der Waals surface area contributed by atoms with Gasteiger partial charge in [-0.2, -0.15) is 0 Å². The molecule has 1 amide bonds. The van der Waals surface area contributed by atoms with Gasteiger partial charge in [0.1, 0.15) is 0 Å². The van der Waals surface area contributed by atoms with Crippen molar-refractivity contribution in [3.05, 3.63) is 0 Å². The summed E-state index contributed by atoms with van der Waals surface area (Å²) in [7, 11) is 2.11. The molecule has 3 N–H and O–H groups in total. The summed E-state index contributed by atoms with van der Waals surface area (Å²) in [6.07, 6.45) is 3.08. The molecular weight excluding hydrogens is 178 g/mol. The smallest absolute Gasteiger partial charge is 0.234 e. The second-order valence-electron chi connectivity index (χ2n) is 4.08. The van der Waals surface area contributed by atoms with Crippen LogP contribution in [0.25, 0.3) is 0 Å². The molecular formula is C10H21N3O. The van der Waals surface area contributed by atoms with Crippen molar-refractivity contribution >= 4 is 5.91 Å². The first-order valence-corrected chi connectivity index (χ1v) is 5.37. The molecule has 1 aliphatic heterocycles. The molecule has 0 aromatic rings. The van der Waals surface area contributed by atoms with E-state index in [1.807, 2.05) is 0 Å². The van der Waals surface area contributed by atoms with Crippen LogP contribution in [-0.2, 0) is 4.79 Å². The van der Waals surface area contributed by atoms with Gasteiger partial charge in [-0.25, -0.2) is 0 Å². The lowest BCUT2D eigenvalue weighted by molar-refractivity contribution is -0.119. The summed E-state index contributed by atoms with van der Waals surface area (Å²) in [6.45, 7) is 4.31. The van der Waals surface area contributed by atoms with Gasteiger partial charge in [0.15, 0.2) is 0 Å². The fourth-order valence-electron chi connectivity index (χ4n) is 1.81. The topological polar surface area (TPSA) is 58.4 Å².